The van der Waals surface area contributed by atoms with Gasteiger partial charge in [-0.25, -0.2) is 13.1 Å². The summed E-state index contributed by atoms with van der Waals surface area (Å²) in [4.78, 5) is 3.48. The minimum Gasteiger partial charge on any atom is -0.312 e. The summed E-state index contributed by atoms with van der Waals surface area (Å²) in [6.07, 6.45) is 1.04. The Morgan fingerprint density at radius 2 is 1.90 bits per heavy atom. The molecule has 1 rings (SSSR count). The number of hydrogen-bond donors (Lipinski definition) is 2. The molecule has 0 radical (unpaired) electrons. The van der Waals surface area contributed by atoms with Gasteiger partial charge in [-0.05, 0) is 37.5 Å². The Labute approximate surface area is 132 Å². The molecule has 1 aromatic rings. The van der Waals surface area contributed by atoms with Gasteiger partial charge in [0.05, 0.1) is 4.90 Å². The summed E-state index contributed by atoms with van der Waals surface area (Å²) in [7, 11) is -3.40. The lowest BCUT2D eigenvalue weighted by atomic mass is 10.4. The maximum absolute atomic E-state index is 12.4. The normalized spacial score (nSPS) is 12.2. The molecule has 7 heteroatoms. The van der Waals surface area contributed by atoms with Crippen molar-refractivity contribution in [3.8, 4) is 0 Å². The molecule has 0 unspecified atom stereocenters. The Bertz CT molecular complexity index is 496. The van der Waals surface area contributed by atoms with Crippen molar-refractivity contribution < 1.29 is 8.42 Å². The summed E-state index contributed by atoms with van der Waals surface area (Å²) >= 11 is 1.48. The highest BCUT2D eigenvalue weighted by Crippen LogP contribution is 2.21. The molecule has 2 N–H and O–H groups in total. The lowest BCUT2D eigenvalue weighted by Gasteiger charge is -2.18. The molecule has 1 aromatic heterocycles. The fraction of sp³-hybridized carbons (Fsp3) is 0.714. The third-order valence-electron chi connectivity index (χ3n) is 3.32. The first-order valence-corrected chi connectivity index (χ1v) is 9.90. The van der Waals surface area contributed by atoms with Crippen LogP contribution in [-0.4, -0.2) is 46.0 Å². The van der Waals surface area contributed by atoms with Gasteiger partial charge < -0.3 is 10.2 Å². The molecule has 0 saturated heterocycles. The van der Waals surface area contributed by atoms with Crippen LogP contribution in [0.15, 0.2) is 16.3 Å². The number of thiophene rings is 1. The van der Waals surface area contributed by atoms with Crippen LogP contribution in [0.2, 0.25) is 0 Å². The topological polar surface area (TPSA) is 61.4 Å². The standard InChI is InChI=1S/C14H27N3O2S2/c1-4-8-15-12-13-14(7-11-20-13)21(18,19)16-9-10-17(5-2)6-3/h7,11,15-16H,4-6,8-10,12H2,1-3H3. The van der Waals surface area contributed by atoms with E-state index in [1.807, 2.05) is 5.38 Å². The maximum Gasteiger partial charge on any atom is 0.241 e. The van der Waals surface area contributed by atoms with E-state index >= 15 is 0 Å². The predicted molar refractivity (Wildman–Crippen MR) is 89.3 cm³/mol. The molecule has 0 fully saturated rings. The van der Waals surface area contributed by atoms with Crippen LogP contribution in [0, 0.1) is 0 Å². The average molecular weight is 334 g/mol. The SMILES string of the molecule is CCCNCc1sccc1S(=O)(=O)NCCN(CC)CC. The van der Waals surface area contributed by atoms with Gasteiger partial charge in [0.2, 0.25) is 10.0 Å². The summed E-state index contributed by atoms with van der Waals surface area (Å²) in [5.74, 6) is 0. The van der Waals surface area contributed by atoms with Gasteiger partial charge in [-0.15, -0.1) is 11.3 Å². The largest absolute Gasteiger partial charge is 0.312 e. The minimum atomic E-state index is -3.40. The van der Waals surface area contributed by atoms with Crippen molar-refractivity contribution in [1.29, 1.82) is 0 Å². The third kappa shape index (κ3) is 6.04. The van der Waals surface area contributed by atoms with Crippen molar-refractivity contribution in [1.82, 2.24) is 14.9 Å². The van der Waals surface area contributed by atoms with Crippen LogP contribution in [0.1, 0.15) is 32.1 Å². The number of likely N-dealkylation sites (N-methyl/N-ethyl adjacent to an activating group) is 1. The lowest BCUT2D eigenvalue weighted by molar-refractivity contribution is 0.309. The van der Waals surface area contributed by atoms with Gasteiger partial charge in [0.15, 0.2) is 0 Å². The number of rotatable bonds is 11. The smallest absolute Gasteiger partial charge is 0.241 e. The maximum atomic E-state index is 12.4. The quantitative estimate of drug-likeness (QED) is 0.607. The molecule has 0 aliphatic heterocycles. The van der Waals surface area contributed by atoms with Crippen molar-refractivity contribution in [3.05, 3.63) is 16.3 Å². The average Bonchev–Trinajstić information content (AvgIpc) is 2.93. The number of sulfonamides is 1. The molecule has 122 valence electrons. The molecule has 0 bridgehead atoms. The Balaban J connectivity index is 2.60. The van der Waals surface area contributed by atoms with E-state index in [9.17, 15) is 8.42 Å². The molecular weight excluding hydrogens is 306 g/mol. The van der Waals surface area contributed by atoms with Crippen molar-refractivity contribution in [2.45, 2.75) is 38.6 Å². The zero-order valence-corrected chi connectivity index (χ0v) is 14.8. The van der Waals surface area contributed by atoms with Crippen LogP contribution >= 0.6 is 11.3 Å². The van der Waals surface area contributed by atoms with Gasteiger partial charge >= 0.3 is 0 Å². The molecule has 0 amide bonds. The molecule has 0 aromatic carbocycles. The van der Waals surface area contributed by atoms with E-state index in [0.717, 1.165) is 37.5 Å². The highest BCUT2D eigenvalue weighted by atomic mass is 32.2. The van der Waals surface area contributed by atoms with Crippen molar-refractivity contribution in [2.24, 2.45) is 0 Å². The monoisotopic (exact) mass is 333 g/mol. The van der Waals surface area contributed by atoms with E-state index < -0.39 is 10.0 Å². The Morgan fingerprint density at radius 1 is 1.19 bits per heavy atom. The first kappa shape index (κ1) is 18.6. The van der Waals surface area contributed by atoms with Crippen LogP contribution in [0.3, 0.4) is 0 Å². The summed E-state index contributed by atoms with van der Waals surface area (Å²) in [6, 6.07) is 1.69. The molecular formula is C14H27N3O2S2. The lowest BCUT2D eigenvalue weighted by Crippen LogP contribution is -2.35. The molecule has 0 atom stereocenters. The van der Waals surface area contributed by atoms with Crippen molar-refractivity contribution in [3.63, 3.8) is 0 Å². The van der Waals surface area contributed by atoms with Gasteiger partial charge in [-0.3, -0.25) is 0 Å². The van der Waals surface area contributed by atoms with E-state index in [2.05, 4.69) is 35.7 Å². The van der Waals surface area contributed by atoms with Crippen LogP contribution in [0.4, 0.5) is 0 Å². The van der Waals surface area contributed by atoms with E-state index in [-0.39, 0.29) is 0 Å². The Morgan fingerprint density at radius 3 is 2.52 bits per heavy atom. The fourth-order valence-electron chi connectivity index (χ4n) is 2.03. The molecule has 0 saturated carbocycles. The number of hydrogen-bond acceptors (Lipinski definition) is 5. The molecule has 1 heterocycles. The van der Waals surface area contributed by atoms with Gasteiger partial charge in [-0.1, -0.05) is 20.8 Å². The van der Waals surface area contributed by atoms with Crippen molar-refractivity contribution >= 4 is 21.4 Å². The van der Waals surface area contributed by atoms with E-state index in [4.69, 9.17) is 0 Å². The second-order valence-electron chi connectivity index (χ2n) is 4.81. The highest BCUT2D eigenvalue weighted by Gasteiger charge is 2.19. The Hall–Kier alpha value is -0.470. The van der Waals surface area contributed by atoms with Gasteiger partial charge in [0, 0.05) is 24.5 Å². The number of nitrogens with zero attached hydrogens (tertiary/aromatic N) is 1. The third-order valence-corrected chi connectivity index (χ3v) is 5.92. The molecule has 5 nitrogen and oxygen atoms in total. The van der Waals surface area contributed by atoms with E-state index in [1.54, 1.807) is 6.07 Å². The molecule has 0 aliphatic rings. The predicted octanol–water partition coefficient (Wildman–Crippen LogP) is 1.87. The van der Waals surface area contributed by atoms with Gasteiger partial charge in [-0.2, -0.15) is 0 Å². The van der Waals surface area contributed by atoms with Crippen LogP contribution in [0.25, 0.3) is 0 Å². The van der Waals surface area contributed by atoms with Crippen LogP contribution < -0.4 is 10.0 Å². The molecule has 21 heavy (non-hydrogen) atoms. The van der Waals surface area contributed by atoms with Crippen LogP contribution in [0.5, 0.6) is 0 Å². The summed E-state index contributed by atoms with van der Waals surface area (Å²) in [5, 5.41) is 5.09. The molecule has 0 spiro atoms. The minimum absolute atomic E-state index is 0.413. The molecule has 0 aliphatic carbocycles. The fourth-order valence-corrected chi connectivity index (χ4v) is 4.46. The first-order valence-electron chi connectivity index (χ1n) is 7.54. The first-order chi connectivity index (χ1) is 10.0. The summed E-state index contributed by atoms with van der Waals surface area (Å²) in [6.45, 7) is 10.8. The second-order valence-corrected chi connectivity index (χ2v) is 7.55. The van der Waals surface area contributed by atoms with E-state index in [0.29, 0.717) is 18.0 Å². The van der Waals surface area contributed by atoms with Gasteiger partial charge in [0.25, 0.3) is 0 Å². The number of nitrogens with one attached hydrogen (secondary N) is 2. The Kier molecular flexibility index (Phi) is 8.43. The van der Waals surface area contributed by atoms with E-state index in [1.165, 1.54) is 11.3 Å². The zero-order valence-electron chi connectivity index (χ0n) is 13.2. The van der Waals surface area contributed by atoms with Crippen molar-refractivity contribution in [2.75, 3.05) is 32.7 Å². The summed E-state index contributed by atoms with van der Waals surface area (Å²) < 4.78 is 27.4. The van der Waals surface area contributed by atoms with Crippen LogP contribution in [-0.2, 0) is 16.6 Å². The highest BCUT2D eigenvalue weighted by molar-refractivity contribution is 7.89. The second kappa shape index (κ2) is 9.53. The summed E-state index contributed by atoms with van der Waals surface area (Å²) in [5.41, 5.74) is 0. The van der Waals surface area contributed by atoms with Gasteiger partial charge in [0.1, 0.15) is 0 Å². The zero-order chi connectivity index (χ0) is 15.7.